The van der Waals surface area contributed by atoms with Crippen LogP contribution in [0.15, 0.2) is 54.7 Å². The van der Waals surface area contributed by atoms with Gasteiger partial charge in [-0.3, -0.25) is 4.79 Å². The predicted molar refractivity (Wildman–Crippen MR) is 109 cm³/mol. The van der Waals surface area contributed by atoms with Crippen molar-refractivity contribution < 1.29 is 4.79 Å². The van der Waals surface area contributed by atoms with E-state index in [1.807, 2.05) is 30.3 Å². The minimum Gasteiger partial charge on any atom is -0.368 e. The number of hydrogen-bond acceptors (Lipinski definition) is 5. The molecule has 8 heteroatoms. The van der Waals surface area contributed by atoms with E-state index in [1.165, 1.54) is 11.3 Å². The van der Waals surface area contributed by atoms with Gasteiger partial charge in [0, 0.05) is 17.3 Å². The summed E-state index contributed by atoms with van der Waals surface area (Å²) in [6, 6.07) is 14.6. The summed E-state index contributed by atoms with van der Waals surface area (Å²) < 4.78 is 0.668. The zero-order valence-corrected chi connectivity index (χ0v) is 15.5. The smallest absolute Gasteiger partial charge is 0.249 e. The molecule has 0 atom stereocenters. The van der Waals surface area contributed by atoms with Gasteiger partial charge in [-0.1, -0.05) is 29.8 Å². The summed E-state index contributed by atoms with van der Waals surface area (Å²) in [5.41, 5.74) is 15.5. The van der Waals surface area contributed by atoms with E-state index in [4.69, 9.17) is 23.1 Å². The first kappa shape index (κ1) is 17.3. The van der Waals surface area contributed by atoms with Gasteiger partial charge in [0.15, 0.2) is 0 Å². The maximum Gasteiger partial charge on any atom is 0.249 e. The number of hydrogen-bond donors (Lipinski definition) is 3. The highest BCUT2D eigenvalue weighted by Crippen LogP contribution is 2.40. The zero-order chi connectivity index (χ0) is 19.0. The van der Waals surface area contributed by atoms with Gasteiger partial charge in [0.2, 0.25) is 11.9 Å². The number of carbonyl (C=O) groups excluding carboxylic acids is 1. The minimum absolute atomic E-state index is 0.182. The van der Waals surface area contributed by atoms with Gasteiger partial charge in [0.1, 0.15) is 0 Å². The van der Waals surface area contributed by atoms with Crippen molar-refractivity contribution in [3.8, 4) is 33.1 Å². The number of aromatic amines is 1. The summed E-state index contributed by atoms with van der Waals surface area (Å²) in [6.07, 6.45) is 1.59. The third kappa shape index (κ3) is 3.30. The maximum absolute atomic E-state index is 11.9. The number of nitrogens with two attached hydrogens (primary N) is 2. The van der Waals surface area contributed by atoms with E-state index in [9.17, 15) is 4.79 Å². The molecule has 4 rings (SSSR count). The Bertz CT molecular complexity index is 1150. The van der Waals surface area contributed by atoms with Crippen LogP contribution < -0.4 is 11.5 Å². The highest BCUT2D eigenvalue weighted by atomic mass is 35.5. The van der Waals surface area contributed by atoms with Crippen molar-refractivity contribution >= 4 is 34.8 Å². The Hall–Kier alpha value is -3.16. The van der Waals surface area contributed by atoms with E-state index < -0.39 is 5.91 Å². The monoisotopic (exact) mass is 395 g/mol. The highest BCUT2D eigenvalue weighted by Gasteiger charge is 2.19. The van der Waals surface area contributed by atoms with Gasteiger partial charge in [-0.25, -0.2) is 9.97 Å². The minimum atomic E-state index is -0.491. The Kier molecular flexibility index (Phi) is 4.39. The molecule has 6 nitrogen and oxygen atoms in total. The molecule has 0 spiro atoms. The third-order valence-corrected chi connectivity index (χ3v) is 5.32. The van der Waals surface area contributed by atoms with Crippen molar-refractivity contribution in [2.75, 3.05) is 5.73 Å². The molecular weight excluding hydrogens is 382 g/mol. The van der Waals surface area contributed by atoms with Crippen molar-refractivity contribution in [1.82, 2.24) is 15.0 Å². The SMILES string of the molecule is NC(=O)c1ccccc1-c1cc(-c2ccnc(N)n2)[nH]c1-c1ccc(Cl)s1. The van der Waals surface area contributed by atoms with Crippen LogP contribution in [0.25, 0.3) is 33.1 Å². The Morgan fingerprint density at radius 1 is 1.11 bits per heavy atom. The third-order valence-electron chi connectivity index (χ3n) is 4.07. The van der Waals surface area contributed by atoms with Crippen molar-refractivity contribution in [3.05, 3.63) is 64.6 Å². The first-order valence-electron chi connectivity index (χ1n) is 8.00. The molecule has 0 aliphatic rings. The van der Waals surface area contributed by atoms with E-state index in [0.29, 0.717) is 15.6 Å². The molecule has 0 aliphatic heterocycles. The first-order chi connectivity index (χ1) is 13.0. The number of benzene rings is 1. The van der Waals surface area contributed by atoms with Crippen LogP contribution in [0.4, 0.5) is 5.95 Å². The second-order valence-electron chi connectivity index (χ2n) is 5.79. The van der Waals surface area contributed by atoms with Crippen molar-refractivity contribution in [2.45, 2.75) is 0 Å². The molecule has 0 radical (unpaired) electrons. The number of thiophene rings is 1. The number of H-pyrrole nitrogens is 1. The molecule has 0 aliphatic carbocycles. The zero-order valence-electron chi connectivity index (χ0n) is 13.9. The van der Waals surface area contributed by atoms with E-state index in [2.05, 4.69) is 15.0 Å². The molecule has 4 aromatic rings. The van der Waals surface area contributed by atoms with Gasteiger partial charge in [0.05, 0.1) is 26.3 Å². The topological polar surface area (TPSA) is 111 Å². The molecule has 1 amide bonds. The van der Waals surface area contributed by atoms with Gasteiger partial charge in [-0.05, 0) is 35.9 Å². The fourth-order valence-corrected chi connectivity index (χ4v) is 3.96. The molecule has 3 heterocycles. The van der Waals surface area contributed by atoms with Gasteiger partial charge in [-0.2, -0.15) is 0 Å². The summed E-state index contributed by atoms with van der Waals surface area (Å²) in [4.78, 5) is 24.4. The van der Waals surface area contributed by atoms with Crippen LogP contribution in [-0.4, -0.2) is 20.9 Å². The number of rotatable bonds is 4. The maximum atomic E-state index is 11.9. The summed E-state index contributed by atoms with van der Waals surface area (Å²) in [5.74, 6) is -0.309. The second kappa shape index (κ2) is 6.86. The van der Waals surface area contributed by atoms with Crippen LogP contribution in [-0.2, 0) is 0 Å². The van der Waals surface area contributed by atoms with Gasteiger partial charge >= 0.3 is 0 Å². The quantitative estimate of drug-likeness (QED) is 0.480. The molecule has 0 bridgehead atoms. The number of nitrogen functional groups attached to an aromatic ring is 1. The number of nitrogens with one attached hydrogen (secondary N) is 1. The second-order valence-corrected chi connectivity index (χ2v) is 7.50. The number of primary amides is 1. The van der Waals surface area contributed by atoms with Gasteiger partial charge in [-0.15, -0.1) is 11.3 Å². The molecule has 0 saturated carbocycles. The first-order valence-corrected chi connectivity index (χ1v) is 9.19. The summed E-state index contributed by atoms with van der Waals surface area (Å²) in [5, 5.41) is 0. The van der Waals surface area contributed by atoms with Crippen LogP contribution in [0.2, 0.25) is 4.34 Å². The van der Waals surface area contributed by atoms with Crippen LogP contribution in [0.3, 0.4) is 0 Å². The highest BCUT2D eigenvalue weighted by molar-refractivity contribution is 7.19. The van der Waals surface area contributed by atoms with Crippen LogP contribution in [0, 0.1) is 0 Å². The number of carbonyl (C=O) groups is 1. The molecule has 3 aromatic heterocycles. The summed E-state index contributed by atoms with van der Waals surface area (Å²) in [6.45, 7) is 0. The molecule has 0 saturated heterocycles. The lowest BCUT2D eigenvalue weighted by Gasteiger charge is -2.07. The van der Waals surface area contributed by atoms with E-state index in [1.54, 1.807) is 24.4 Å². The molecule has 0 fully saturated rings. The summed E-state index contributed by atoms with van der Waals surface area (Å²) >= 11 is 7.56. The molecule has 0 unspecified atom stereocenters. The number of nitrogens with zero attached hydrogens (tertiary/aromatic N) is 2. The number of amides is 1. The van der Waals surface area contributed by atoms with Gasteiger partial charge in [0.25, 0.3) is 0 Å². The molecule has 134 valence electrons. The van der Waals surface area contributed by atoms with E-state index >= 15 is 0 Å². The normalized spacial score (nSPS) is 10.9. The molecule has 27 heavy (non-hydrogen) atoms. The van der Waals surface area contributed by atoms with Gasteiger partial charge < -0.3 is 16.5 Å². The molecular formula is C19H14ClN5OS. The van der Waals surface area contributed by atoms with E-state index in [-0.39, 0.29) is 5.95 Å². The molecule has 1 aromatic carbocycles. The standard InChI is InChI=1S/C19H14ClN5OS/c20-16-6-5-15(27-16)17-12(10-3-1-2-4-11(10)18(21)26)9-14(24-17)13-7-8-23-19(22)25-13/h1-9,24H,(H2,21,26)(H2,22,23,25). The lowest BCUT2D eigenvalue weighted by atomic mass is 9.98. The average molecular weight is 396 g/mol. The number of anilines is 1. The fraction of sp³-hybridized carbons (Fsp3) is 0. The van der Waals surface area contributed by atoms with E-state index in [0.717, 1.165) is 27.4 Å². The number of halogens is 1. The molecule has 5 N–H and O–H groups in total. The van der Waals surface area contributed by atoms with Crippen molar-refractivity contribution in [2.24, 2.45) is 5.73 Å². The predicted octanol–water partition coefficient (Wildman–Crippen LogP) is 4.20. The van der Waals surface area contributed by atoms with Crippen molar-refractivity contribution in [3.63, 3.8) is 0 Å². The Labute approximate surface area is 163 Å². The Morgan fingerprint density at radius 2 is 1.93 bits per heavy atom. The van der Waals surface area contributed by atoms with Crippen LogP contribution in [0.1, 0.15) is 10.4 Å². The Morgan fingerprint density at radius 3 is 2.63 bits per heavy atom. The summed E-state index contributed by atoms with van der Waals surface area (Å²) in [7, 11) is 0. The van der Waals surface area contributed by atoms with Crippen molar-refractivity contribution in [1.29, 1.82) is 0 Å². The Balaban J connectivity index is 1.96. The van der Waals surface area contributed by atoms with Crippen LogP contribution in [0.5, 0.6) is 0 Å². The fourth-order valence-electron chi connectivity index (χ4n) is 2.90. The lowest BCUT2D eigenvalue weighted by molar-refractivity contribution is 0.100. The average Bonchev–Trinajstić information content (AvgIpc) is 3.28. The number of aromatic nitrogens is 3. The van der Waals surface area contributed by atoms with Crippen LogP contribution >= 0.6 is 22.9 Å². The lowest BCUT2D eigenvalue weighted by Crippen LogP contribution is -2.12. The largest absolute Gasteiger partial charge is 0.368 e.